The number of allylic oxidation sites excluding steroid dienone is 1. The fourth-order valence-corrected chi connectivity index (χ4v) is 2.63. The van der Waals surface area contributed by atoms with Crippen LogP contribution in [0.5, 0.6) is 0 Å². The standard InChI is InChI=1S/C13H18O5/c1-16-9-7-5-4-6-8(9)13(15)11(14)10(17-2)12(13)18-3/h6,9,15H,4-5,7H2,1-3H3. The second-order valence-electron chi connectivity index (χ2n) is 4.42. The Morgan fingerprint density at radius 2 is 2.06 bits per heavy atom. The monoisotopic (exact) mass is 254 g/mol. The van der Waals surface area contributed by atoms with Crippen molar-refractivity contribution in [2.75, 3.05) is 21.3 Å². The van der Waals surface area contributed by atoms with Gasteiger partial charge < -0.3 is 19.3 Å². The van der Waals surface area contributed by atoms with E-state index in [4.69, 9.17) is 14.2 Å². The molecule has 0 aromatic rings. The number of carbonyl (C=O) groups is 1. The highest BCUT2D eigenvalue weighted by Gasteiger charge is 2.60. The summed E-state index contributed by atoms with van der Waals surface area (Å²) in [7, 11) is 4.37. The average molecular weight is 254 g/mol. The highest BCUT2D eigenvalue weighted by Crippen LogP contribution is 2.44. The Balaban J connectivity index is 2.41. The van der Waals surface area contributed by atoms with Crippen molar-refractivity contribution in [2.45, 2.75) is 31.0 Å². The largest absolute Gasteiger partial charge is 0.493 e. The van der Waals surface area contributed by atoms with Crippen LogP contribution >= 0.6 is 0 Å². The summed E-state index contributed by atoms with van der Waals surface area (Å²) >= 11 is 0. The minimum atomic E-state index is -1.71. The van der Waals surface area contributed by atoms with Gasteiger partial charge in [-0.05, 0) is 19.3 Å². The third kappa shape index (κ3) is 1.58. The molecular formula is C13H18O5. The number of ether oxygens (including phenoxy) is 3. The first-order valence-electron chi connectivity index (χ1n) is 5.94. The lowest BCUT2D eigenvalue weighted by molar-refractivity contribution is -0.142. The smallest absolute Gasteiger partial charge is 0.244 e. The Hall–Kier alpha value is -1.33. The fourth-order valence-electron chi connectivity index (χ4n) is 2.63. The number of hydrogen-bond donors (Lipinski definition) is 1. The number of rotatable bonds is 4. The first-order chi connectivity index (χ1) is 8.61. The Morgan fingerprint density at radius 1 is 1.33 bits per heavy atom. The Morgan fingerprint density at radius 3 is 2.61 bits per heavy atom. The van der Waals surface area contributed by atoms with Gasteiger partial charge in [-0.25, -0.2) is 0 Å². The van der Waals surface area contributed by atoms with E-state index in [0.717, 1.165) is 19.3 Å². The molecule has 1 N–H and O–H groups in total. The highest BCUT2D eigenvalue weighted by atomic mass is 16.5. The van der Waals surface area contributed by atoms with E-state index in [2.05, 4.69) is 0 Å². The molecule has 0 aromatic heterocycles. The van der Waals surface area contributed by atoms with Crippen molar-refractivity contribution in [1.29, 1.82) is 0 Å². The van der Waals surface area contributed by atoms with Gasteiger partial charge in [-0.1, -0.05) is 6.08 Å². The van der Waals surface area contributed by atoms with E-state index in [-0.39, 0.29) is 17.6 Å². The first kappa shape index (κ1) is 13.1. The molecule has 0 saturated carbocycles. The summed E-state index contributed by atoms with van der Waals surface area (Å²) in [6.07, 6.45) is 4.20. The summed E-state index contributed by atoms with van der Waals surface area (Å²) < 4.78 is 15.4. The van der Waals surface area contributed by atoms with Crippen LogP contribution in [-0.2, 0) is 19.0 Å². The maximum atomic E-state index is 12.0. The van der Waals surface area contributed by atoms with Crippen LogP contribution in [-0.4, -0.2) is 43.9 Å². The summed E-state index contributed by atoms with van der Waals surface area (Å²) in [4.78, 5) is 12.0. The van der Waals surface area contributed by atoms with Crippen molar-refractivity contribution in [3.63, 3.8) is 0 Å². The van der Waals surface area contributed by atoms with Gasteiger partial charge in [-0.2, -0.15) is 0 Å². The summed E-state index contributed by atoms with van der Waals surface area (Å²) in [5, 5.41) is 10.6. The molecule has 100 valence electrons. The van der Waals surface area contributed by atoms with Crippen molar-refractivity contribution < 1.29 is 24.1 Å². The zero-order valence-electron chi connectivity index (χ0n) is 10.9. The maximum absolute atomic E-state index is 12.0. The normalized spacial score (nSPS) is 31.9. The van der Waals surface area contributed by atoms with Crippen LogP contribution < -0.4 is 0 Å². The molecule has 0 aliphatic heterocycles. The fraction of sp³-hybridized carbons (Fsp3) is 0.615. The molecule has 0 spiro atoms. The first-order valence-corrected chi connectivity index (χ1v) is 5.94. The molecule has 2 aliphatic carbocycles. The number of carbonyl (C=O) groups excluding carboxylic acids is 1. The van der Waals surface area contributed by atoms with Crippen LogP contribution in [0.1, 0.15) is 19.3 Å². The van der Waals surface area contributed by atoms with Gasteiger partial charge in [0.25, 0.3) is 0 Å². The highest BCUT2D eigenvalue weighted by molar-refractivity contribution is 6.12. The van der Waals surface area contributed by atoms with Crippen LogP contribution in [0.3, 0.4) is 0 Å². The third-order valence-electron chi connectivity index (χ3n) is 3.56. The van der Waals surface area contributed by atoms with E-state index in [0.29, 0.717) is 5.57 Å². The number of aliphatic hydroxyl groups is 1. The van der Waals surface area contributed by atoms with Crippen LogP contribution in [0.2, 0.25) is 0 Å². The van der Waals surface area contributed by atoms with E-state index >= 15 is 0 Å². The van der Waals surface area contributed by atoms with Gasteiger partial charge in [0, 0.05) is 12.7 Å². The predicted molar refractivity (Wildman–Crippen MR) is 63.7 cm³/mol. The maximum Gasteiger partial charge on any atom is 0.244 e. The van der Waals surface area contributed by atoms with Crippen LogP contribution in [0.25, 0.3) is 0 Å². The molecule has 0 fully saturated rings. The van der Waals surface area contributed by atoms with E-state index in [1.54, 1.807) is 7.11 Å². The quantitative estimate of drug-likeness (QED) is 0.756. The van der Waals surface area contributed by atoms with E-state index in [1.807, 2.05) is 6.08 Å². The minimum Gasteiger partial charge on any atom is -0.493 e. The molecule has 2 atom stereocenters. The van der Waals surface area contributed by atoms with Gasteiger partial charge in [0.2, 0.25) is 17.1 Å². The van der Waals surface area contributed by atoms with Crippen LogP contribution in [0, 0.1) is 0 Å². The minimum absolute atomic E-state index is 0.0846. The summed E-state index contributed by atoms with van der Waals surface area (Å²) in [5.74, 6) is -0.205. The molecule has 0 heterocycles. The van der Waals surface area contributed by atoms with Gasteiger partial charge in [-0.3, -0.25) is 4.79 Å². The summed E-state index contributed by atoms with van der Waals surface area (Å²) in [6.45, 7) is 0. The molecule has 5 heteroatoms. The topological polar surface area (TPSA) is 65.0 Å². The predicted octanol–water partition coefficient (Wildman–Crippen LogP) is 0.930. The zero-order chi connectivity index (χ0) is 13.3. The van der Waals surface area contributed by atoms with E-state index in [9.17, 15) is 9.90 Å². The van der Waals surface area contributed by atoms with Crippen molar-refractivity contribution in [2.24, 2.45) is 0 Å². The number of methoxy groups -OCH3 is 3. The third-order valence-corrected chi connectivity index (χ3v) is 3.56. The van der Waals surface area contributed by atoms with Crippen LogP contribution in [0.4, 0.5) is 0 Å². The molecule has 0 bridgehead atoms. The molecule has 0 aromatic carbocycles. The number of ketones is 1. The van der Waals surface area contributed by atoms with Crippen molar-refractivity contribution >= 4 is 5.78 Å². The summed E-state index contributed by atoms with van der Waals surface area (Å²) in [5.41, 5.74) is -1.14. The SMILES string of the molecule is COC1=C(OC)C(O)(C2=CCCCC2OC)C1=O. The molecule has 18 heavy (non-hydrogen) atoms. The van der Waals surface area contributed by atoms with Crippen molar-refractivity contribution in [3.05, 3.63) is 23.2 Å². The Bertz CT molecular complexity index is 423. The van der Waals surface area contributed by atoms with Gasteiger partial charge in [0.1, 0.15) is 0 Å². The van der Waals surface area contributed by atoms with Gasteiger partial charge in [0.15, 0.2) is 5.76 Å². The van der Waals surface area contributed by atoms with E-state index < -0.39 is 11.4 Å². The molecule has 2 rings (SSSR count). The molecule has 0 amide bonds. The van der Waals surface area contributed by atoms with Crippen LogP contribution in [0.15, 0.2) is 23.2 Å². The molecule has 2 aliphatic rings. The van der Waals surface area contributed by atoms with Crippen molar-refractivity contribution in [1.82, 2.24) is 0 Å². The van der Waals surface area contributed by atoms with Crippen molar-refractivity contribution in [3.8, 4) is 0 Å². The lowest BCUT2D eigenvalue weighted by Gasteiger charge is -2.41. The number of Topliss-reactive ketones (excluding diaryl/α,β-unsaturated/α-hetero) is 1. The zero-order valence-corrected chi connectivity index (χ0v) is 10.9. The second-order valence-corrected chi connectivity index (χ2v) is 4.42. The molecule has 0 saturated heterocycles. The molecule has 0 radical (unpaired) electrons. The van der Waals surface area contributed by atoms with Gasteiger partial charge in [-0.15, -0.1) is 0 Å². The van der Waals surface area contributed by atoms with Gasteiger partial charge >= 0.3 is 0 Å². The molecular weight excluding hydrogens is 236 g/mol. The molecule has 2 unspecified atom stereocenters. The van der Waals surface area contributed by atoms with E-state index in [1.165, 1.54) is 14.2 Å². The second kappa shape index (κ2) is 4.74. The molecule has 5 nitrogen and oxygen atoms in total. The average Bonchev–Trinajstić information content (AvgIpc) is 2.42. The lowest BCUT2D eigenvalue weighted by atomic mass is 9.72. The van der Waals surface area contributed by atoms with Gasteiger partial charge in [0.05, 0.1) is 20.3 Å². The Kier molecular flexibility index (Phi) is 3.45. The number of hydrogen-bond acceptors (Lipinski definition) is 5. The summed E-state index contributed by atoms with van der Waals surface area (Å²) in [6, 6.07) is 0. The lowest BCUT2D eigenvalue weighted by Crippen LogP contribution is -2.56. The Labute approximate surface area is 106 Å².